The average Bonchev–Trinajstić information content (AvgIpc) is 3.23. The molecule has 1 aliphatic rings. The van der Waals surface area contributed by atoms with Gasteiger partial charge in [0.15, 0.2) is 5.13 Å². The van der Waals surface area contributed by atoms with Crippen LogP contribution in [0.2, 0.25) is 0 Å². The number of thiazole rings is 1. The van der Waals surface area contributed by atoms with Crippen LogP contribution in [0.1, 0.15) is 28.4 Å². The van der Waals surface area contributed by atoms with E-state index in [2.05, 4.69) is 10.3 Å². The fourth-order valence-corrected chi connectivity index (χ4v) is 5.67. The Labute approximate surface area is 174 Å². The van der Waals surface area contributed by atoms with Crippen LogP contribution in [0.5, 0.6) is 0 Å². The average molecular weight is 428 g/mol. The van der Waals surface area contributed by atoms with Gasteiger partial charge in [0.25, 0.3) is 5.91 Å². The Morgan fingerprint density at radius 3 is 2.76 bits per heavy atom. The molecule has 29 heavy (non-hydrogen) atoms. The normalized spacial score (nSPS) is 16.0. The van der Waals surface area contributed by atoms with Crippen molar-refractivity contribution >= 4 is 38.1 Å². The van der Waals surface area contributed by atoms with E-state index >= 15 is 0 Å². The molecule has 1 aliphatic heterocycles. The molecule has 8 heteroatoms. The maximum absolute atomic E-state index is 12.4. The summed E-state index contributed by atoms with van der Waals surface area (Å²) in [6.07, 6.45) is 1.90. The van der Waals surface area contributed by atoms with Gasteiger partial charge in [-0.05, 0) is 50.1 Å². The molecule has 0 aliphatic carbocycles. The van der Waals surface area contributed by atoms with Crippen molar-refractivity contribution in [2.45, 2.75) is 26.3 Å². The molecule has 150 valence electrons. The van der Waals surface area contributed by atoms with E-state index in [1.807, 2.05) is 55.6 Å². The summed E-state index contributed by atoms with van der Waals surface area (Å²) >= 11 is 1.36. The van der Waals surface area contributed by atoms with E-state index in [0.29, 0.717) is 17.1 Å². The number of fused-ring (bicyclic) bond motifs is 1. The van der Waals surface area contributed by atoms with Gasteiger partial charge in [-0.2, -0.15) is 0 Å². The SMILES string of the molecule is Cc1cccc(C(=O)Nc2nc(-c3ccc4c(c3)C[C@H](C)N4S(C)(=O)=O)cs2)c1. The monoisotopic (exact) mass is 427 g/mol. The van der Waals surface area contributed by atoms with Crippen LogP contribution in [-0.2, 0) is 16.4 Å². The first-order chi connectivity index (χ1) is 13.7. The zero-order valence-corrected chi connectivity index (χ0v) is 18.0. The Bertz CT molecular complexity index is 1200. The third-order valence-corrected chi connectivity index (χ3v) is 6.92. The molecule has 0 saturated heterocycles. The number of nitrogens with one attached hydrogen (secondary N) is 1. The third kappa shape index (κ3) is 3.90. The molecule has 4 rings (SSSR count). The van der Waals surface area contributed by atoms with Gasteiger partial charge in [0.1, 0.15) is 0 Å². The van der Waals surface area contributed by atoms with Gasteiger partial charge in [-0.1, -0.05) is 23.8 Å². The number of aryl methyl sites for hydroxylation is 1. The zero-order valence-electron chi connectivity index (χ0n) is 16.3. The summed E-state index contributed by atoms with van der Waals surface area (Å²) in [4.78, 5) is 17.0. The Kier molecular flexibility index (Phi) is 4.92. The molecule has 0 bridgehead atoms. The first-order valence-electron chi connectivity index (χ1n) is 9.18. The number of hydrogen-bond acceptors (Lipinski definition) is 5. The summed E-state index contributed by atoms with van der Waals surface area (Å²) in [6, 6.07) is 13.0. The van der Waals surface area contributed by atoms with Gasteiger partial charge in [-0.3, -0.25) is 14.4 Å². The molecule has 3 aromatic rings. The first-order valence-corrected chi connectivity index (χ1v) is 11.9. The van der Waals surface area contributed by atoms with E-state index < -0.39 is 10.0 Å². The molecule has 1 aromatic heterocycles. The molecule has 1 atom stereocenters. The van der Waals surface area contributed by atoms with E-state index in [0.717, 1.165) is 28.1 Å². The highest BCUT2D eigenvalue weighted by molar-refractivity contribution is 7.92. The highest BCUT2D eigenvalue weighted by Gasteiger charge is 2.32. The van der Waals surface area contributed by atoms with Crippen molar-refractivity contribution in [3.63, 3.8) is 0 Å². The third-order valence-electron chi connectivity index (χ3n) is 4.89. The van der Waals surface area contributed by atoms with Gasteiger partial charge in [-0.15, -0.1) is 11.3 Å². The van der Waals surface area contributed by atoms with Crippen molar-refractivity contribution in [3.05, 3.63) is 64.5 Å². The maximum atomic E-state index is 12.4. The molecule has 1 N–H and O–H groups in total. The number of aromatic nitrogens is 1. The van der Waals surface area contributed by atoms with Gasteiger partial charge >= 0.3 is 0 Å². The molecule has 1 amide bonds. The van der Waals surface area contributed by atoms with Crippen LogP contribution >= 0.6 is 11.3 Å². The van der Waals surface area contributed by atoms with Crippen LogP contribution in [0.15, 0.2) is 47.8 Å². The second kappa shape index (κ2) is 7.27. The standard InChI is InChI=1S/C21H21N3O3S2/c1-13-5-4-6-16(9-13)20(25)23-21-22-18(12-28-21)15-7-8-19-17(11-15)10-14(2)24(19)29(3,26)27/h4-9,11-12,14H,10H2,1-3H3,(H,22,23,25)/t14-/m0/s1. The summed E-state index contributed by atoms with van der Waals surface area (Å²) in [6.45, 7) is 3.85. The fraction of sp³-hybridized carbons (Fsp3) is 0.238. The molecule has 0 radical (unpaired) electrons. The number of hydrogen-bond donors (Lipinski definition) is 1. The summed E-state index contributed by atoms with van der Waals surface area (Å²) in [5, 5.41) is 5.26. The van der Waals surface area contributed by atoms with Crippen molar-refractivity contribution in [1.29, 1.82) is 0 Å². The Morgan fingerprint density at radius 2 is 2.03 bits per heavy atom. The maximum Gasteiger partial charge on any atom is 0.257 e. The number of nitrogens with zero attached hydrogens (tertiary/aromatic N) is 2. The smallest absolute Gasteiger partial charge is 0.257 e. The predicted octanol–water partition coefficient (Wildman–Crippen LogP) is 4.08. The van der Waals surface area contributed by atoms with Crippen LogP contribution < -0.4 is 9.62 Å². The van der Waals surface area contributed by atoms with Crippen molar-refractivity contribution in [3.8, 4) is 11.3 Å². The van der Waals surface area contributed by atoms with Gasteiger partial charge in [0.2, 0.25) is 10.0 Å². The van der Waals surface area contributed by atoms with Gasteiger partial charge in [0.05, 0.1) is 17.6 Å². The second-order valence-electron chi connectivity index (χ2n) is 7.32. The molecule has 2 aromatic carbocycles. The van der Waals surface area contributed by atoms with Crippen molar-refractivity contribution in [2.75, 3.05) is 15.9 Å². The topological polar surface area (TPSA) is 79.4 Å². The van der Waals surface area contributed by atoms with Crippen LogP contribution in [0.3, 0.4) is 0 Å². The molecule has 0 unspecified atom stereocenters. The number of rotatable bonds is 4. The van der Waals surface area contributed by atoms with Crippen LogP contribution in [-0.4, -0.2) is 31.6 Å². The molecule has 2 heterocycles. The summed E-state index contributed by atoms with van der Waals surface area (Å²) in [5.41, 5.74) is 4.98. The molecular weight excluding hydrogens is 406 g/mol. The van der Waals surface area contributed by atoms with Gasteiger partial charge in [0, 0.05) is 22.5 Å². The van der Waals surface area contributed by atoms with Crippen LogP contribution in [0, 0.1) is 6.92 Å². The summed E-state index contributed by atoms with van der Waals surface area (Å²) in [5.74, 6) is -0.193. The van der Waals surface area contributed by atoms with E-state index in [-0.39, 0.29) is 11.9 Å². The van der Waals surface area contributed by atoms with E-state index in [1.54, 1.807) is 6.07 Å². The summed E-state index contributed by atoms with van der Waals surface area (Å²) in [7, 11) is -3.31. The number of anilines is 2. The van der Waals surface area contributed by atoms with Crippen molar-refractivity contribution in [2.24, 2.45) is 0 Å². The van der Waals surface area contributed by atoms with Crippen LogP contribution in [0.25, 0.3) is 11.3 Å². The molecular formula is C21H21N3O3S2. The zero-order chi connectivity index (χ0) is 20.8. The summed E-state index contributed by atoms with van der Waals surface area (Å²) < 4.78 is 25.6. The van der Waals surface area contributed by atoms with Crippen molar-refractivity contribution < 1.29 is 13.2 Å². The molecule has 0 saturated carbocycles. The van der Waals surface area contributed by atoms with E-state index in [4.69, 9.17) is 0 Å². The van der Waals surface area contributed by atoms with E-state index in [1.165, 1.54) is 21.9 Å². The minimum atomic E-state index is -3.31. The first kappa shape index (κ1) is 19.6. The second-order valence-corrected chi connectivity index (χ2v) is 10.0. The number of carbonyl (C=O) groups excluding carboxylic acids is 1. The number of carbonyl (C=O) groups is 1. The number of amides is 1. The van der Waals surface area contributed by atoms with Gasteiger partial charge < -0.3 is 0 Å². The highest BCUT2D eigenvalue weighted by atomic mass is 32.2. The minimum absolute atomic E-state index is 0.102. The fourth-order valence-electron chi connectivity index (χ4n) is 3.69. The Hall–Kier alpha value is -2.71. The Balaban J connectivity index is 1.56. The van der Waals surface area contributed by atoms with Crippen molar-refractivity contribution in [1.82, 2.24) is 4.98 Å². The lowest BCUT2D eigenvalue weighted by molar-refractivity contribution is 0.102. The number of benzene rings is 2. The lowest BCUT2D eigenvalue weighted by Gasteiger charge is -2.21. The minimum Gasteiger partial charge on any atom is -0.298 e. The Morgan fingerprint density at radius 1 is 1.24 bits per heavy atom. The van der Waals surface area contributed by atoms with Gasteiger partial charge in [-0.25, -0.2) is 13.4 Å². The highest BCUT2D eigenvalue weighted by Crippen LogP contribution is 2.37. The lowest BCUT2D eigenvalue weighted by atomic mass is 10.1. The molecule has 0 fully saturated rings. The largest absolute Gasteiger partial charge is 0.298 e. The number of sulfonamides is 1. The lowest BCUT2D eigenvalue weighted by Crippen LogP contribution is -2.34. The quantitative estimate of drug-likeness (QED) is 0.680. The molecule has 0 spiro atoms. The predicted molar refractivity (Wildman–Crippen MR) is 117 cm³/mol. The molecule has 6 nitrogen and oxygen atoms in total. The van der Waals surface area contributed by atoms with Crippen LogP contribution in [0.4, 0.5) is 10.8 Å². The van der Waals surface area contributed by atoms with E-state index in [9.17, 15) is 13.2 Å².